The van der Waals surface area contributed by atoms with E-state index in [1.54, 1.807) is 36.4 Å². The summed E-state index contributed by atoms with van der Waals surface area (Å²) in [5, 5.41) is 7.20. The second kappa shape index (κ2) is 9.03. The highest BCUT2D eigenvalue weighted by atomic mass is 16.3. The van der Waals surface area contributed by atoms with E-state index in [1.165, 1.54) is 10.9 Å². The second-order valence-electron chi connectivity index (χ2n) is 6.95. The highest BCUT2D eigenvalue weighted by Gasteiger charge is 2.19. The first-order valence-electron chi connectivity index (χ1n) is 9.27. The van der Waals surface area contributed by atoms with Crippen molar-refractivity contribution in [3.05, 3.63) is 64.5 Å². The Kier molecular flexibility index (Phi) is 6.26. The first kappa shape index (κ1) is 20.8. The van der Waals surface area contributed by atoms with E-state index in [-0.39, 0.29) is 23.7 Å². The molecule has 1 aromatic carbocycles. The van der Waals surface area contributed by atoms with E-state index in [0.29, 0.717) is 23.1 Å². The maximum absolute atomic E-state index is 12.6. The Morgan fingerprint density at radius 3 is 2.43 bits per heavy atom. The molecule has 0 aliphatic rings. The topological polar surface area (TPSA) is 135 Å². The Morgan fingerprint density at radius 2 is 1.77 bits per heavy atom. The molecule has 0 spiro atoms. The molecule has 0 aliphatic heterocycles. The Morgan fingerprint density at radius 1 is 1.03 bits per heavy atom. The highest BCUT2D eigenvalue weighted by molar-refractivity contribution is 6.35. The van der Waals surface area contributed by atoms with Gasteiger partial charge in [-0.25, -0.2) is 4.68 Å². The molecule has 0 bridgehead atoms. The number of hydrogen-bond donors (Lipinski definition) is 3. The molecule has 2 heterocycles. The Hall–Kier alpha value is -3.95. The molecule has 0 fully saturated rings. The van der Waals surface area contributed by atoms with Crippen molar-refractivity contribution in [3.8, 4) is 0 Å². The minimum Gasteiger partial charge on any atom is -0.467 e. The Labute approximate surface area is 171 Å². The van der Waals surface area contributed by atoms with E-state index >= 15 is 0 Å². The molecule has 10 heteroatoms. The fraction of sp³-hybridized carbons (Fsp3) is 0.250. The monoisotopic (exact) mass is 411 g/mol. The van der Waals surface area contributed by atoms with Crippen molar-refractivity contribution in [1.29, 1.82) is 0 Å². The number of hydrogen-bond acceptors (Lipinski definition) is 6. The molecule has 3 amide bonds. The third kappa shape index (κ3) is 4.72. The van der Waals surface area contributed by atoms with Crippen molar-refractivity contribution < 1.29 is 18.8 Å². The number of fused-ring (bicyclic) bond motifs is 1. The van der Waals surface area contributed by atoms with Crippen molar-refractivity contribution in [2.24, 2.45) is 5.92 Å². The molecule has 3 aromatic rings. The first-order chi connectivity index (χ1) is 14.4. The zero-order chi connectivity index (χ0) is 21.7. The normalized spacial score (nSPS) is 10.8. The smallest absolute Gasteiger partial charge is 0.327 e. The maximum Gasteiger partial charge on any atom is 0.327 e. The molecule has 0 unspecified atom stereocenters. The van der Waals surface area contributed by atoms with Gasteiger partial charge in [0.15, 0.2) is 5.69 Å². The SMILES string of the molecule is CC(C)Cn1nc(C(=O)NNC(=O)C(=O)NCc2ccco2)c2ccccc2c1=O. The molecular formula is C20H21N5O5. The van der Waals surface area contributed by atoms with Gasteiger partial charge in [0.2, 0.25) is 0 Å². The minimum absolute atomic E-state index is 0.0273. The minimum atomic E-state index is -1.06. The molecule has 3 rings (SSSR count). The number of aromatic nitrogens is 2. The highest BCUT2D eigenvalue weighted by Crippen LogP contribution is 2.13. The molecule has 0 saturated carbocycles. The van der Waals surface area contributed by atoms with Crippen LogP contribution in [0.2, 0.25) is 0 Å². The Balaban J connectivity index is 1.73. The molecule has 156 valence electrons. The number of furan rings is 1. The van der Waals surface area contributed by atoms with E-state index < -0.39 is 17.7 Å². The van der Waals surface area contributed by atoms with E-state index in [9.17, 15) is 19.2 Å². The van der Waals surface area contributed by atoms with E-state index in [1.807, 2.05) is 19.3 Å². The number of carbonyl (C=O) groups excluding carboxylic acids is 3. The van der Waals surface area contributed by atoms with Crippen molar-refractivity contribution in [2.75, 3.05) is 0 Å². The van der Waals surface area contributed by atoms with Gasteiger partial charge in [0, 0.05) is 11.9 Å². The molecule has 10 nitrogen and oxygen atoms in total. The third-order valence-corrected chi connectivity index (χ3v) is 4.12. The predicted octanol–water partition coefficient (Wildman–Crippen LogP) is 0.723. The van der Waals surface area contributed by atoms with E-state index in [4.69, 9.17) is 4.42 Å². The number of benzene rings is 1. The van der Waals surface area contributed by atoms with Gasteiger partial charge >= 0.3 is 11.8 Å². The zero-order valence-corrected chi connectivity index (χ0v) is 16.5. The van der Waals surface area contributed by atoms with Crippen molar-refractivity contribution in [2.45, 2.75) is 26.9 Å². The van der Waals surface area contributed by atoms with Crippen LogP contribution in [-0.4, -0.2) is 27.5 Å². The summed E-state index contributed by atoms with van der Waals surface area (Å²) in [5.41, 5.74) is 3.86. The number of carbonyl (C=O) groups is 3. The lowest BCUT2D eigenvalue weighted by Crippen LogP contribution is -2.48. The molecule has 30 heavy (non-hydrogen) atoms. The van der Waals surface area contributed by atoms with Gasteiger partial charge in [-0.1, -0.05) is 32.0 Å². The lowest BCUT2D eigenvalue weighted by atomic mass is 10.1. The molecule has 2 aromatic heterocycles. The number of nitrogens with zero attached hydrogens (tertiary/aromatic N) is 2. The van der Waals surface area contributed by atoms with Crippen LogP contribution in [0.25, 0.3) is 10.8 Å². The van der Waals surface area contributed by atoms with Crippen LogP contribution < -0.4 is 21.7 Å². The van der Waals surface area contributed by atoms with Crippen LogP contribution in [-0.2, 0) is 22.7 Å². The maximum atomic E-state index is 12.6. The Bertz CT molecular complexity index is 1130. The van der Waals surface area contributed by atoms with E-state index in [0.717, 1.165) is 0 Å². The number of nitrogens with one attached hydrogen (secondary N) is 3. The van der Waals surface area contributed by atoms with Crippen LogP contribution in [0.4, 0.5) is 0 Å². The van der Waals surface area contributed by atoms with Crippen molar-refractivity contribution in [1.82, 2.24) is 25.9 Å². The van der Waals surface area contributed by atoms with Gasteiger partial charge in [-0.3, -0.25) is 30.0 Å². The third-order valence-electron chi connectivity index (χ3n) is 4.12. The van der Waals surface area contributed by atoms with E-state index in [2.05, 4.69) is 15.8 Å². The van der Waals surface area contributed by atoms with Crippen LogP contribution in [0.3, 0.4) is 0 Å². The summed E-state index contributed by atoms with van der Waals surface area (Å²) in [4.78, 5) is 49.0. The lowest BCUT2D eigenvalue weighted by molar-refractivity contribution is -0.139. The molecular weight excluding hydrogens is 390 g/mol. The fourth-order valence-corrected chi connectivity index (χ4v) is 2.76. The summed E-state index contributed by atoms with van der Waals surface area (Å²) in [6.45, 7) is 4.19. The van der Waals surface area contributed by atoms with Crippen LogP contribution in [0, 0.1) is 5.92 Å². The standard InChI is InChI=1S/C20H21N5O5/c1-12(2)11-25-20(29)15-8-4-3-7-14(15)16(24-25)17(26)22-23-19(28)18(27)21-10-13-6-5-9-30-13/h3-9,12H,10-11H2,1-2H3,(H,21,27)(H,22,26)(H,23,28). The second-order valence-corrected chi connectivity index (χ2v) is 6.95. The van der Waals surface area contributed by atoms with Crippen molar-refractivity contribution in [3.63, 3.8) is 0 Å². The average molecular weight is 411 g/mol. The van der Waals surface area contributed by atoms with Crippen LogP contribution >= 0.6 is 0 Å². The van der Waals surface area contributed by atoms with Gasteiger partial charge in [0.05, 0.1) is 18.2 Å². The van der Waals surface area contributed by atoms with Gasteiger partial charge in [-0.15, -0.1) is 0 Å². The zero-order valence-electron chi connectivity index (χ0n) is 16.5. The summed E-state index contributed by atoms with van der Waals surface area (Å²) >= 11 is 0. The molecule has 0 saturated heterocycles. The molecule has 0 radical (unpaired) electrons. The lowest BCUT2D eigenvalue weighted by Gasteiger charge is -2.13. The van der Waals surface area contributed by atoms with Gasteiger partial charge in [-0.2, -0.15) is 5.10 Å². The number of rotatable bonds is 5. The number of amides is 3. The number of hydrazine groups is 1. The molecule has 0 atom stereocenters. The van der Waals surface area contributed by atoms with Crippen LogP contribution in [0.5, 0.6) is 0 Å². The largest absolute Gasteiger partial charge is 0.467 e. The summed E-state index contributed by atoms with van der Waals surface area (Å²) < 4.78 is 6.28. The van der Waals surface area contributed by atoms with Gasteiger partial charge in [0.1, 0.15) is 5.76 Å². The predicted molar refractivity (Wildman–Crippen MR) is 107 cm³/mol. The van der Waals surface area contributed by atoms with Crippen LogP contribution in [0.15, 0.2) is 51.9 Å². The average Bonchev–Trinajstić information content (AvgIpc) is 3.25. The van der Waals surface area contributed by atoms with Crippen molar-refractivity contribution >= 4 is 28.5 Å². The first-order valence-corrected chi connectivity index (χ1v) is 9.27. The quantitative estimate of drug-likeness (QED) is 0.418. The summed E-state index contributed by atoms with van der Waals surface area (Å²) in [7, 11) is 0. The van der Waals surface area contributed by atoms with Gasteiger partial charge in [0.25, 0.3) is 11.5 Å². The summed E-state index contributed by atoms with van der Waals surface area (Å²) in [5.74, 6) is -2.16. The molecule has 0 aliphatic carbocycles. The summed E-state index contributed by atoms with van der Waals surface area (Å²) in [6.07, 6.45) is 1.44. The van der Waals surface area contributed by atoms with Crippen LogP contribution in [0.1, 0.15) is 30.1 Å². The summed E-state index contributed by atoms with van der Waals surface area (Å²) in [6, 6.07) is 9.86. The molecule has 3 N–H and O–H groups in total. The fourth-order valence-electron chi connectivity index (χ4n) is 2.76. The van der Waals surface area contributed by atoms with Gasteiger partial charge < -0.3 is 9.73 Å². The van der Waals surface area contributed by atoms with Gasteiger partial charge in [-0.05, 0) is 24.1 Å².